The molecule has 1 aromatic carbocycles. The zero-order chi connectivity index (χ0) is 14.1. The topological polar surface area (TPSA) is 64.3 Å². The predicted molar refractivity (Wildman–Crippen MR) is 79.2 cm³/mol. The second-order valence-corrected chi connectivity index (χ2v) is 4.81. The predicted octanol–water partition coefficient (Wildman–Crippen LogP) is 4.18. The van der Waals surface area contributed by atoms with Gasteiger partial charge in [-0.2, -0.15) is 0 Å². The molecule has 0 aliphatic heterocycles. The number of ether oxygens (including phenoxy) is 1. The largest absolute Gasteiger partial charge is 0.446 e. The van der Waals surface area contributed by atoms with Crippen molar-refractivity contribution in [3.05, 3.63) is 24.3 Å². The van der Waals surface area contributed by atoms with Gasteiger partial charge in [0.1, 0.15) is 6.10 Å². The summed E-state index contributed by atoms with van der Waals surface area (Å²) >= 11 is 0. The first kappa shape index (κ1) is 15.3. The van der Waals surface area contributed by atoms with Gasteiger partial charge >= 0.3 is 6.09 Å². The highest BCUT2D eigenvalue weighted by Gasteiger charge is 2.09. The minimum atomic E-state index is -0.409. The molecule has 1 amide bonds. The van der Waals surface area contributed by atoms with Crippen LogP contribution in [0.2, 0.25) is 0 Å². The highest BCUT2D eigenvalue weighted by Crippen LogP contribution is 2.12. The lowest BCUT2D eigenvalue weighted by Gasteiger charge is -2.13. The summed E-state index contributed by atoms with van der Waals surface area (Å²) in [6, 6.07) is 6.98. The van der Waals surface area contributed by atoms with Crippen molar-refractivity contribution in [1.29, 1.82) is 0 Å². The van der Waals surface area contributed by atoms with Crippen molar-refractivity contribution in [1.82, 2.24) is 0 Å². The summed E-state index contributed by atoms with van der Waals surface area (Å²) in [4.78, 5) is 11.6. The number of anilines is 2. The van der Waals surface area contributed by atoms with Crippen molar-refractivity contribution in [2.45, 2.75) is 52.1 Å². The molecule has 0 fully saturated rings. The fourth-order valence-electron chi connectivity index (χ4n) is 1.81. The normalized spacial score (nSPS) is 11.9. The highest BCUT2D eigenvalue weighted by molar-refractivity contribution is 5.84. The van der Waals surface area contributed by atoms with Crippen molar-refractivity contribution in [3.8, 4) is 0 Å². The Morgan fingerprint density at radius 3 is 2.58 bits per heavy atom. The first-order chi connectivity index (χ1) is 9.11. The van der Waals surface area contributed by atoms with Gasteiger partial charge in [-0.25, -0.2) is 4.79 Å². The van der Waals surface area contributed by atoms with Crippen LogP contribution in [-0.2, 0) is 4.74 Å². The highest BCUT2D eigenvalue weighted by atomic mass is 16.6. The number of nitrogens with one attached hydrogen (secondary N) is 1. The van der Waals surface area contributed by atoms with Crippen LogP contribution in [0.3, 0.4) is 0 Å². The molecule has 0 saturated heterocycles. The van der Waals surface area contributed by atoms with E-state index in [0.717, 1.165) is 12.8 Å². The standard InChI is InChI=1S/C15H24N2O2/c1-3-4-5-6-7-12(2)19-15(18)17-14-10-8-13(16)9-11-14/h8-12H,3-7,16H2,1-2H3,(H,17,18). The molecule has 0 radical (unpaired) electrons. The molecule has 0 bridgehead atoms. The maximum Gasteiger partial charge on any atom is 0.411 e. The third-order valence-electron chi connectivity index (χ3n) is 2.93. The summed E-state index contributed by atoms with van der Waals surface area (Å²) in [5.74, 6) is 0. The quantitative estimate of drug-likeness (QED) is 0.573. The first-order valence-electron chi connectivity index (χ1n) is 6.95. The zero-order valence-electron chi connectivity index (χ0n) is 11.8. The number of unbranched alkanes of at least 4 members (excludes halogenated alkanes) is 3. The molecule has 1 rings (SSSR count). The van der Waals surface area contributed by atoms with Gasteiger partial charge in [-0.15, -0.1) is 0 Å². The zero-order valence-corrected chi connectivity index (χ0v) is 11.8. The number of amides is 1. The van der Waals surface area contributed by atoms with Gasteiger partial charge < -0.3 is 10.5 Å². The number of rotatable bonds is 7. The monoisotopic (exact) mass is 264 g/mol. The van der Waals surface area contributed by atoms with Gasteiger partial charge in [-0.3, -0.25) is 5.32 Å². The Morgan fingerprint density at radius 2 is 1.95 bits per heavy atom. The van der Waals surface area contributed by atoms with Crippen LogP contribution >= 0.6 is 0 Å². The van der Waals surface area contributed by atoms with Crippen molar-refractivity contribution in [3.63, 3.8) is 0 Å². The average Bonchev–Trinajstić information content (AvgIpc) is 2.37. The SMILES string of the molecule is CCCCCCC(C)OC(=O)Nc1ccc(N)cc1. The molecule has 106 valence electrons. The van der Waals surface area contributed by atoms with Gasteiger partial charge in [-0.1, -0.05) is 26.2 Å². The molecular formula is C15H24N2O2. The van der Waals surface area contributed by atoms with Crippen LogP contribution in [0, 0.1) is 0 Å². The number of hydrogen-bond acceptors (Lipinski definition) is 3. The van der Waals surface area contributed by atoms with E-state index in [1.807, 2.05) is 6.92 Å². The van der Waals surface area contributed by atoms with E-state index in [1.54, 1.807) is 24.3 Å². The molecule has 1 aromatic rings. The summed E-state index contributed by atoms with van der Waals surface area (Å²) in [5, 5.41) is 2.68. The summed E-state index contributed by atoms with van der Waals surface area (Å²) in [5.41, 5.74) is 6.94. The lowest BCUT2D eigenvalue weighted by atomic mass is 10.1. The number of carbonyl (C=O) groups is 1. The molecule has 0 heterocycles. The summed E-state index contributed by atoms with van der Waals surface area (Å²) in [6.07, 6.45) is 5.21. The third kappa shape index (κ3) is 6.70. The van der Waals surface area contributed by atoms with E-state index in [2.05, 4.69) is 12.2 Å². The molecule has 3 N–H and O–H groups in total. The number of carbonyl (C=O) groups excluding carboxylic acids is 1. The fraction of sp³-hybridized carbons (Fsp3) is 0.533. The van der Waals surface area contributed by atoms with Gasteiger partial charge in [0.25, 0.3) is 0 Å². The molecule has 0 spiro atoms. The number of nitrogen functional groups attached to an aromatic ring is 1. The number of nitrogens with two attached hydrogens (primary N) is 1. The Kier molecular flexibility index (Phi) is 6.79. The first-order valence-corrected chi connectivity index (χ1v) is 6.95. The summed E-state index contributed by atoms with van der Waals surface area (Å²) < 4.78 is 5.28. The van der Waals surface area contributed by atoms with E-state index in [-0.39, 0.29) is 6.10 Å². The van der Waals surface area contributed by atoms with E-state index in [0.29, 0.717) is 11.4 Å². The van der Waals surface area contributed by atoms with Crippen LogP contribution in [0.1, 0.15) is 46.0 Å². The number of benzene rings is 1. The Bertz CT molecular complexity index is 376. The third-order valence-corrected chi connectivity index (χ3v) is 2.93. The molecule has 4 heteroatoms. The lowest BCUT2D eigenvalue weighted by molar-refractivity contribution is 0.114. The Labute approximate surface area is 115 Å². The van der Waals surface area contributed by atoms with Crippen molar-refractivity contribution in [2.24, 2.45) is 0 Å². The average molecular weight is 264 g/mol. The number of hydrogen-bond donors (Lipinski definition) is 2. The van der Waals surface area contributed by atoms with E-state index in [9.17, 15) is 4.79 Å². The van der Waals surface area contributed by atoms with Gasteiger partial charge in [0, 0.05) is 11.4 Å². The molecule has 19 heavy (non-hydrogen) atoms. The van der Waals surface area contributed by atoms with E-state index in [4.69, 9.17) is 10.5 Å². The molecule has 1 unspecified atom stereocenters. The van der Waals surface area contributed by atoms with Crippen molar-refractivity contribution >= 4 is 17.5 Å². The molecule has 1 atom stereocenters. The van der Waals surface area contributed by atoms with Crippen LogP contribution in [-0.4, -0.2) is 12.2 Å². The summed E-state index contributed by atoms with van der Waals surface area (Å²) in [6.45, 7) is 4.11. The van der Waals surface area contributed by atoms with E-state index in [1.165, 1.54) is 19.3 Å². The minimum absolute atomic E-state index is 0.0503. The van der Waals surface area contributed by atoms with Gasteiger partial charge in [0.05, 0.1) is 0 Å². The Morgan fingerprint density at radius 1 is 1.26 bits per heavy atom. The van der Waals surface area contributed by atoms with Crippen LogP contribution in [0.25, 0.3) is 0 Å². The van der Waals surface area contributed by atoms with Crippen LogP contribution in [0.5, 0.6) is 0 Å². The molecule has 4 nitrogen and oxygen atoms in total. The van der Waals surface area contributed by atoms with Gasteiger partial charge in [0.15, 0.2) is 0 Å². The van der Waals surface area contributed by atoms with Gasteiger partial charge in [-0.05, 0) is 44.0 Å². The van der Waals surface area contributed by atoms with Crippen molar-refractivity contribution < 1.29 is 9.53 Å². The summed E-state index contributed by atoms with van der Waals surface area (Å²) in [7, 11) is 0. The molecule has 0 aliphatic rings. The smallest absolute Gasteiger partial charge is 0.411 e. The molecule has 0 saturated carbocycles. The van der Waals surface area contributed by atoms with Crippen LogP contribution in [0.4, 0.5) is 16.2 Å². The Hall–Kier alpha value is -1.71. The fourth-order valence-corrected chi connectivity index (χ4v) is 1.81. The van der Waals surface area contributed by atoms with Crippen LogP contribution in [0.15, 0.2) is 24.3 Å². The molecular weight excluding hydrogens is 240 g/mol. The maximum absolute atomic E-state index is 11.6. The molecule has 0 aliphatic carbocycles. The van der Waals surface area contributed by atoms with Crippen molar-refractivity contribution in [2.75, 3.05) is 11.1 Å². The molecule has 0 aromatic heterocycles. The van der Waals surface area contributed by atoms with Gasteiger partial charge in [0.2, 0.25) is 0 Å². The second-order valence-electron chi connectivity index (χ2n) is 4.81. The lowest BCUT2D eigenvalue weighted by Crippen LogP contribution is -2.20. The minimum Gasteiger partial charge on any atom is -0.446 e. The van der Waals surface area contributed by atoms with E-state index < -0.39 is 6.09 Å². The second kappa shape index (κ2) is 8.40. The Balaban J connectivity index is 2.24. The van der Waals surface area contributed by atoms with E-state index >= 15 is 0 Å². The maximum atomic E-state index is 11.6. The van der Waals surface area contributed by atoms with Crippen LogP contribution < -0.4 is 11.1 Å².